The Morgan fingerprint density at radius 1 is 1.21 bits per heavy atom. The summed E-state index contributed by atoms with van der Waals surface area (Å²) in [6.45, 7) is 1.30. The average Bonchev–Trinajstić information content (AvgIpc) is 2.96. The fraction of sp³-hybridized carbons (Fsp3) is 0.562. The van der Waals surface area contributed by atoms with Crippen LogP contribution >= 0.6 is 0 Å². The van der Waals surface area contributed by atoms with Crippen LogP contribution in [-0.4, -0.2) is 12.5 Å². The summed E-state index contributed by atoms with van der Waals surface area (Å²) in [7, 11) is 0. The van der Waals surface area contributed by atoms with Gasteiger partial charge in [0.1, 0.15) is 0 Å². The van der Waals surface area contributed by atoms with Gasteiger partial charge in [0.25, 0.3) is 5.91 Å². The van der Waals surface area contributed by atoms with Gasteiger partial charge in [-0.05, 0) is 36.5 Å². The van der Waals surface area contributed by atoms with E-state index in [0.29, 0.717) is 6.54 Å². The van der Waals surface area contributed by atoms with E-state index in [1.54, 1.807) is 0 Å². The van der Waals surface area contributed by atoms with Gasteiger partial charge in [-0.3, -0.25) is 4.79 Å². The molecule has 0 heterocycles. The first-order valence-corrected chi connectivity index (χ1v) is 7.37. The Morgan fingerprint density at radius 2 is 1.89 bits per heavy atom. The van der Waals surface area contributed by atoms with Gasteiger partial charge < -0.3 is 11.1 Å². The third-order valence-electron chi connectivity index (χ3n) is 4.00. The monoisotopic (exact) mass is 260 g/mol. The van der Waals surface area contributed by atoms with Gasteiger partial charge in [-0.25, -0.2) is 0 Å². The summed E-state index contributed by atoms with van der Waals surface area (Å²) >= 11 is 0. The molecule has 0 aromatic heterocycles. The van der Waals surface area contributed by atoms with Crippen molar-refractivity contribution in [3.63, 3.8) is 0 Å². The van der Waals surface area contributed by atoms with Gasteiger partial charge in [-0.15, -0.1) is 0 Å². The maximum Gasteiger partial charge on any atom is 0.251 e. The fourth-order valence-electron chi connectivity index (χ4n) is 2.79. The van der Waals surface area contributed by atoms with Gasteiger partial charge in [-0.1, -0.05) is 37.8 Å². The number of rotatable bonds is 6. The molecule has 1 aliphatic rings. The molecule has 1 aliphatic carbocycles. The summed E-state index contributed by atoms with van der Waals surface area (Å²) < 4.78 is 0. The Morgan fingerprint density at radius 3 is 2.53 bits per heavy atom. The molecule has 1 aromatic rings. The molecule has 0 aliphatic heterocycles. The van der Waals surface area contributed by atoms with Crippen LogP contribution in [0.15, 0.2) is 24.3 Å². The van der Waals surface area contributed by atoms with E-state index in [4.69, 9.17) is 5.73 Å². The molecule has 0 radical (unpaired) electrons. The van der Waals surface area contributed by atoms with Crippen molar-refractivity contribution in [1.29, 1.82) is 0 Å². The number of nitrogens with two attached hydrogens (primary N) is 1. The normalized spacial score (nSPS) is 15.6. The van der Waals surface area contributed by atoms with Crippen molar-refractivity contribution in [3.8, 4) is 0 Å². The highest BCUT2D eigenvalue weighted by Gasteiger charge is 2.14. The SMILES string of the molecule is NCc1ccc(C(=O)NCCCC2CCCC2)cc1. The second-order valence-electron chi connectivity index (χ2n) is 5.45. The van der Waals surface area contributed by atoms with E-state index in [0.717, 1.165) is 30.0 Å². The number of benzene rings is 1. The number of nitrogens with one attached hydrogen (secondary N) is 1. The third-order valence-corrected chi connectivity index (χ3v) is 4.00. The highest BCUT2D eigenvalue weighted by molar-refractivity contribution is 5.94. The number of hydrogen-bond acceptors (Lipinski definition) is 2. The van der Waals surface area contributed by atoms with E-state index in [1.165, 1.54) is 32.1 Å². The smallest absolute Gasteiger partial charge is 0.251 e. The summed E-state index contributed by atoms with van der Waals surface area (Å²) in [5.74, 6) is 0.927. The van der Waals surface area contributed by atoms with Gasteiger partial charge in [-0.2, -0.15) is 0 Å². The number of carbonyl (C=O) groups is 1. The summed E-state index contributed by atoms with van der Waals surface area (Å²) in [6, 6.07) is 7.50. The van der Waals surface area contributed by atoms with Gasteiger partial charge >= 0.3 is 0 Å². The Labute approximate surface area is 115 Å². The molecule has 3 heteroatoms. The molecule has 1 aromatic carbocycles. The molecular weight excluding hydrogens is 236 g/mol. The predicted molar refractivity (Wildman–Crippen MR) is 77.9 cm³/mol. The lowest BCUT2D eigenvalue weighted by atomic mass is 10.0. The van der Waals surface area contributed by atoms with Crippen molar-refractivity contribution >= 4 is 5.91 Å². The molecule has 2 rings (SSSR count). The zero-order chi connectivity index (χ0) is 13.5. The molecule has 1 amide bonds. The van der Waals surface area contributed by atoms with Crippen LogP contribution in [0.25, 0.3) is 0 Å². The second-order valence-corrected chi connectivity index (χ2v) is 5.45. The Hall–Kier alpha value is -1.35. The minimum absolute atomic E-state index is 0.0231. The van der Waals surface area contributed by atoms with E-state index < -0.39 is 0 Å². The first-order valence-electron chi connectivity index (χ1n) is 7.37. The lowest BCUT2D eigenvalue weighted by molar-refractivity contribution is 0.0952. The van der Waals surface area contributed by atoms with Crippen LogP contribution in [0.5, 0.6) is 0 Å². The third kappa shape index (κ3) is 4.35. The zero-order valence-electron chi connectivity index (χ0n) is 11.5. The zero-order valence-corrected chi connectivity index (χ0v) is 11.5. The molecule has 0 unspecified atom stereocenters. The molecule has 1 saturated carbocycles. The van der Waals surface area contributed by atoms with Crippen molar-refractivity contribution in [2.75, 3.05) is 6.54 Å². The largest absolute Gasteiger partial charge is 0.352 e. The van der Waals surface area contributed by atoms with E-state index in [-0.39, 0.29) is 5.91 Å². The number of hydrogen-bond donors (Lipinski definition) is 2. The van der Waals surface area contributed by atoms with Gasteiger partial charge in [0.2, 0.25) is 0 Å². The molecule has 1 fully saturated rings. The predicted octanol–water partition coefficient (Wildman–Crippen LogP) is 2.85. The van der Waals surface area contributed by atoms with Crippen molar-refractivity contribution in [2.45, 2.75) is 45.1 Å². The standard InChI is InChI=1S/C16H24N2O/c17-12-14-7-9-15(10-8-14)16(19)18-11-3-6-13-4-1-2-5-13/h7-10,13H,1-6,11-12,17H2,(H,18,19). The molecular formula is C16H24N2O. The van der Waals surface area contributed by atoms with Crippen molar-refractivity contribution in [2.24, 2.45) is 11.7 Å². The minimum atomic E-state index is 0.0231. The molecule has 0 saturated heterocycles. The quantitative estimate of drug-likeness (QED) is 0.773. The Balaban J connectivity index is 1.68. The molecule has 104 valence electrons. The topological polar surface area (TPSA) is 55.1 Å². The Kier molecular flexibility index (Phi) is 5.40. The molecule has 3 nitrogen and oxygen atoms in total. The average molecular weight is 260 g/mol. The molecule has 0 atom stereocenters. The van der Waals surface area contributed by atoms with E-state index in [9.17, 15) is 4.79 Å². The molecule has 0 spiro atoms. The highest BCUT2D eigenvalue weighted by atomic mass is 16.1. The first-order chi connectivity index (χ1) is 9.29. The van der Waals surface area contributed by atoms with Crippen LogP contribution in [0.4, 0.5) is 0 Å². The maximum atomic E-state index is 11.9. The van der Waals surface area contributed by atoms with Crippen LogP contribution in [0, 0.1) is 5.92 Å². The van der Waals surface area contributed by atoms with Crippen LogP contribution in [0.3, 0.4) is 0 Å². The Bertz CT molecular complexity index is 394. The van der Waals surface area contributed by atoms with Gasteiger partial charge in [0.15, 0.2) is 0 Å². The van der Waals surface area contributed by atoms with Gasteiger partial charge in [0.05, 0.1) is 0 Å². The van der Waals surface area contributed by atoms with Crippen molar-refractivity contribution in [1.82, 2.24) is 5.32 Å². The van der Waals surface area contributed by atoms with E-state index in [1.807, 2.05) is 24.3 Å². The summed E-state index contributed by atoms with van der Waals surface area (Å²) in [5, 5.41) is 2.99. The van der Waals surface area contributed by atoms with Crippen molar-refractivity contribution in [3.05, 3.63) is 35.4 Å². The summed E-state index contributed by atoms with van der Waals surface area (Å²) in [6.07, 6.45) is 7.90. The van der Waals surface area contributed by atoms with Crippen molar-refractivity contribution < 1.29 is 4.79 Å². The fourth-order valence-corrected chi connectivity index (χ4v) is 2.79. The molecule has 19 heavy (non-hydrogen) atoms. The lowest BCUT2D eigenvalue weighted by Crippen LogP contribution is -2.24. The first kappa shape index (κ1) is 14.1. The number of carbonyl (C=O) groups excluding carboxylic acids is 1. The molecule has 0 bridgehead atoms. The van der Waals surface area contributed by atoms with Crippen LogP contribution in [0.2, 0.25) is 0 Å². The van der Waals surface area contributed by atoms with Crippen LogP contribution in [-0.2, 0) is 6.54 Å². The number of amides is 1. The molecule has 3 N–H and O–H groups in total. The van der Waals surface area contributed by atoms with Gasteiger partial charge in [0, 0.05) is 18.7 Å². The van der Waals surface area contributed by atoms with Crippen LogP contribution < -0.4 is 11.1 Å². The van der Waals surface area contributed by atoms with Crippen LogP contribution in [0.1, 0.15) is 54.4 Å². The maximum absolute atomic E-state index is 11.9. The van der Waals surface area contributed by atoms with E-state index >= 15 is 0 Å². The highest BCUT2D eigenvalue weighted by Crippen LogP contribution is 2.28. The van der Waals surface area contributed by atoms with E-state index in [2.05, 4.69) is 5.32 Å². The lowest BCUT2D eigenvalue weighted by Gasteiger charge is -2.09. The minimum Gasteiger partial charge on any atom is -0.352 e. The summed E-state index contributed by atoms with van der Waals surface area (Å²) in [5.41, 5.74) is 7.31. The summed E-state index contributed by atoms with van der Waals surface area (Å²) in [4.78, 5) is 11.9. The second kappa shape index (κ2) is 7.29.